The molecule has 0 saturated heterocycles. The molecule has 5 nitrogen and oxygen atoms in total. The highest BCUT2D eigenvalue weighted by atomic mass is 32.1. The molecule has 6 heteroatoms. The number of Topliss-reactive ketones (excluding diaryl/α,β-unsaturated/α-hetero) is 1. The average molecular weight is 382 g/mol. The van der Waals surface area contributed by atoms with Gasteiger partial charge in [-0.3, -0.25) is 9.78 Å². The van der Waals surface area contributed by atoms with E-state index in [0.29, 0.717) is 23.5 Å². The van der Waals surface area contributed by atoms with E-state index in [1.165, 1.54) is 0 Å². The van der Waals surface area contributed by atoms with Crippen LogP contribution in [0.4, 0.5) is 5.69 Å². The van der Waals surface area contributed by atoms with Crippen molar-refractivity contribution in [3.05, 3.63) is 71.7 Å². The molecule has 0 fully saturated rings. The number of aromatic nitrogens is 1. The number of thiocarbonyl (C=S) groups is 1. The van der Waals surface area contributed by atoms with E-state index in [2.05, 4.69) is 15.6 Å². The minimum Gasteiger partial charge on any atom is -0.396 e. The fraction of sp³-hybridized carbons (Fsp3) is 0.286. The highest BCUT2D eigenvalue weighted by molar-refractivity contribution is 7.81. The molecular formula is C21H23N3O2S. The van der Waals surface area contributed by atoms with Crippen LogP contribution in [0.5, 0.6) is 0 Å². The summed E-state index contributed by atoms with van der Waals surface area (Å²) in [5.41, 5.74) is 2.69. The molecule has 0 spiro atoms. The molecule has 1 heterocycles. The first-order valence-corrected chi connectivity index (χ1v) is 9.28. The van der Waals surface area contributed by atoms with Gasteiger partial charge in [-0.2, -0.15) is 0 Å². The van der Waals surface area contributed by atoms with Gasteiger partial charge >= 0.3 is 0 Å². The van der Waals surface area contributed by atoms with E-state index in [4.69, 9.17) is 12.2 Å². The van der Waals surface area contributed by atoms with Crippen molar-refractivity contribution in [2.24, 2.45) is 5.41 Å². The Morgan fingerprint density at radius 1 is 1.19 bits per heavy atom. The third-order valence-electron chi connectivity index (χ3n) is 4.67. The van der Waals surface area contributed by atoms with Crippen LogP contribution in [0, 0.1) is 5.41 Å². The van der Waals surface area contributed by atoms with Gasteiger partial charge in [0.25, 0.3) is 0 Å². The van der Waals surface area contributed by atoms with E-state index in [1.54, 1.807) is 12.4 Å². The Balaban J connectivity index is 1.87. The van der Waals surface area contributed by atoms with Gasteiger partial charge in [0.05, 0.1) is 5.57 Å². The van der Waals surface area contributed by atoms with E-state index in [0.717, 1.165) is 16.9 Å². The summed E-state index contributed by atoms with van der Waals surface area (Å²) < 4.78 is 0. The Morgan fingerprint density at radius 2 is 1.89 bits per heavy atom. The standard InChI is InChI=1S/C21H23N3O2S/c1-21(14-25)11-17(23-13-15-7-9-22-10-8-15)19(18(26)12-21)20(27)24-16-5-3-2-4-6-16/h2-10,23,25H,11-14H2,1H3,(H,24,27). The van der Waals surface area contributed by atoms with E-state index >= 15 is 0 Å². The molecule has 0 radical (unpaired) electrons. The summed E-state index contributed by atoms with van der Waals surface area (Å²) in [5.74, 6) is -0.0524. The molecule has 1 unspecified atom stereocenters. The number of carbonyl (C=O) groups excluding carboxylic acids is 1. The second-order valence-electron chi connectivity index (χ2n) is 7.13. The van der Waals surface area contributed by atoms with E-state index < -0.39 is 5.41 Å². The number of nitrogens with one attached hydrogen (secondary N) is 2. The van der Waals surface area contributed by atoms with Gasteiger partial charge in [-0.05, 0) is 36.2 Å². The zero-order chi connectivity index (χ0) is 19.3. The van der Waals surface area contributed by atoms with Gasteiger partial charge in [0.2, 0.25) is 0 Å². The van der Waals surface area contributed by atoms with Crippen molar-refractivity contribution < 1.29 is 9.90 Å². The number of aliphatic hydroxyl groups excluding tert-OH is 1. The van der Waals surface area contributed by atoms with Crippen LogP contribution in [0.15, 0.2) is 66.1 Å². The highest BCUT2D eigenvalue weighted by Gasteiger charge is 2.37. The summed E-state index contributed by atoms with van der Waals surface area (Å²) in [6.45, 7) is 2.43. The largest absolute Gasteiger partial charge is 0.396 e. The van der Waals surface area contributed by atoms with Crippen molar-refractivity contribution in [2.75, 3.05) is 11.9 Å². The van der Waals surface area contributed by atoms with Gasteiger partial charge < -0.3 is 15.7 Å². The zero-order valence-corrected chi connectivity index (χ0v) is 16.1. The van der Waals surface area contributed by atoms with Gasteiger partial charge in [0.1, 0.15) is 4.99 Å². The molecule has 0 amide bonds. The monoisotopic (exact) mass is 381 g/mol. The van der Waals surface area contributed by atoms with Crippen molar-refractivity contribution in [2.45, 2.75) is 26.3 Å². The summed E-state index contributed by atoms with van der Waals surface area (Å²) in [5, 5.41) is 16.3. The third kappa shape index (κ3) is 4.78. The maximum absolute atomic E-state index is 12.9. The van der Waals surface area contributed by atoms with E-state index in [1.807, 2.05) is 49.4 Å². The van der Waals surface area contributed by atoms with Crippen LogP contribution < -0.4 is 10.6 Å². The van der Waals surface area contributed by atoms with Crippen molar-refractivity contribution in [1.82, 2.24) is 10.3 Å². The lowest BCUT2D eigenvalue weighted by Crippen LogP contribution is -2.38. The molecule has 0 aliphatic heterocycles. The second-order valence-corrected chi connectivity index (χ2v) is 7.54. The molecule has 1 aromatic heterocycles. The van der Waals surface area contributed by atoms with E-state index in [-0.39, 0.29) is 18.8 Å². The average Bonchev–Trinajstić information content (AvgIpc) is 2.67. The fourth-order valence-electron chi connectivity index (χ4n) is 3.17. The topological polar surface area (TPSA) is 74.2 Å². The molecule has 0 bridgehead atoms. The first-order valence-electron chi connectivity index (χ1n) is 8.87. The minimum absolute atomic E-state index is 0.0503. The first kappa shape index (κ1) is 19.2. The van der Waals surface area contributed by atoms with E-state index in [9.17, 15) is 9.90 Å². The predicted molar refractivity (Wildman–Crippen MR) is 110 cm³/mol. The number of allylic oxidation sites excluding steroid dienone is 1. The summed E-state index contributed by atoms with van der Waals surface area (Å²) in [6, 6.07) is 13.4. The molecule has 1 aliphatic rings. The van der Waals surface area contributed by atoms with Crippen molar-refractivity contribution in [1.29, 1.82) is 0 Å². The number of ketones is 1. The number of rotatable bonds is 6. The van der Waals surface area contributed by atoms with Crippen LogP contribution >= 0.6 is 12.2 Å². The number of nitrogens with zero attached hydrogens (tertiary/aromatic N) is 1. The number of pyridine rings is 1. The van der Waals surface area contributed by atoms with Crippen LogP contribution in [-0.4, -0.2) is 27.5 Å². The molecular weight excluding hydrogens is 358 g/mol. The number of hydrogen-bond donors (Lipinski definition) is 3. The number of carbonyl (C=O) groups is 1. The SMILES string of the molecule is CC1(CO)CC(=O)C(C(=S)Nc2ccccc2)=C(NCc2ccncc2)C1. The molecule has 0 saturated carbocycles. The summed E-state index contributed by atoms with van der Waals surface area (Å²) in [7, 11) is 0. The maximum Gasteiger partial charge on any atom is 0.168 e. The van der Waals surface area contributed by atoms with Gasteiger partial charge in [0.15, 0.2) is 5.78 Å². The van der Waals surface area contributed by atoms with Crippen LogP contribution in [0.25, 0.3) is 0 Å². The Morgan fingerprint density at radius 3 is 2.56 bits per heavy atom. The van der Waals surface area contributed by atoms with Crippen molar-refractivity contribution in [3.8, 4) is 0 Å². The highest BCUT2D eigenvalue weighted by Crippen LogP contribution is 2.36. The Kier molecular flexibility index (Phi) is 5.98. The molecule has 27 heavy (non-hydrogen) atoms. The maximum atomic E-state index is 12.9. The molecule has 2 aromatic rings. The first-order chi connectivity index (χ1) is 13.0. The van der Waals surface area contributed by atoms with Crippen LogP contribution in [0.3, 0.4) is 0 Å². The Bertz CT molecular complexity index is 852. The molecule has 3 rings (SSSR count). The molecule has 1 aliphatic carbocycles. The third-order valence-corrected chi connectivity index (χ3v) is 4.97. The lowest BCUT2D eigenvalue weighted by molar-refractivity contribution is -0.118. The van der Waals surface area contributed by atoms with Gasteiger partial charge in [-0.25, -0.2) is 0 Å². The number of hydrogen-bond acceptors (Lipinski definition) is 5. The fourth-order valence-corrected chi connectivity index (χ4v) is 3.53. The van der Waals surface area contributed by atoms with Crippen LogP contribution in [0.2, 0.25) is 0 Å². The molecule has 140 valence electrons. The lowest BCUT2D eigenvalue weighted by Gasteiger charge is -2.34. The van der Waals surface area contributed by atoms with Crippen LogP contribution in [0.1, 0.15) is 25.3 Å². The zero-order valence-electron chi connectivity index (χ0n) is 15.2. The van der Waals surface area contributed by atoms with Gasteiger partial charge in [-0.1, -0.05) is 37.3 Å². The predicted octanol–water partition coefficient (Wildman–Crippen LogP) is 3.23. The summed E-state index contributed by atoms with van der Waals surface area (Å²) in [4.78, 5) is 17.3. The van der Waals surface area contributed by atoms with Crippen molar-refractivity contribution >= 4 is 28.7 Å². The summed E-state index contributed by atoms with van der Waals surface area (Å²) in [6.07, 6.45) is 4.30. The van der Waals surface area contributed by atoms with Gasteiger partial charge in [0, 0.05) is 48.8 Å². The lowest BCUT2D eigenvalue weighted by atomic mass is 9.74. The number of para-hydroxylation sites is 1. The van der Waals surface area contributed by atoms with Crippen LogP contribution in [-0.2, 0) is 11.3 Å². The quantitative estimate of drug-likeness (QED) is 0.667. The number of benzene rings is 1. The van der Waals surface area contributed by atoms with Gasteiger partial charge in [-0.15, -0.1) is 0 Å². The molecule has 1 atom stereocenters. The normalized spacial score (nSPS) is 19.7. The molecule has 1 aromatic carbocycles. The number of aliphatic hydroxyl groups is 1. The summed E-state index contributed by atoms with van der Waals surface area (Å²) >= 11 is 5.55. The smallest absolute Gasteiger partial charge is 0.168 e. The minimum atomic E-state index is -0.483. The number of anilines is 1. The van der Waals surface area contributed by atoms with Crippen molar-refractivity contribution in [3.63, 3.8) is 0 Å². The molecule has 3 N–H and O–H groups in total. The Labute approximate surface area is 164 Å². The Hall–Kier alpha value is -2.57. The second kappa shape index (κ2) is 8.41.